The smallest absolute Gasteiger partial charge is 0.432 e. The zero-order chi connectivity index (χ0) is 21.7. The number of hydrogen-bond acceptors (Lipinski definition) is 7. The normalized spacial score (nSPS) is 17.9. The molecule has 1 aromatic rings. The van der Waals surface area contributed by atoms with Gasteiger partial charge in [0.1, 0.15) is 6.04 Å². The fraction of sp³-hybridized carbons (Fsp3) is 0.429. The predicted molar refractivity (Wildman–Crippen MR) is 103 cm³/mol. The van der Waals surface area contributed by atoms with Gasteiger partial charge in [-0.25, -0.2) is 4.79 Å². The van der Waals surface area contributed by atoms with Gasteiger partial charge in [-0.3, -0.25) is 24.6 Å². The second-order valence-electron chi connectivity index (χ2n) is 7.33. The Morgan fingerprint density at radius 3 is 2.83 bits per heavy atom. The number of ether oxygens (including phenoxy) is 1. The van der Waals surface area contributed by atoms with Crippen LogP contribution in [0, 0.1) is 17.8 Å². The van der Waals surface area contributed by atoms with E-state index in [-0.39, 0.29) is 43.9 Å². The molecule has 3 rings (SSSR count). The van der Waals surface area contributed by atoms with Gasteiger partial charge in [-0.05, 0) is 30.0 Å². The van der Waals surface area contributed by atoms with E-state index in [2.05, 4.69) is 22.0 Å². The van der Waals surface area contributed by atoms with Gasteiger partial charge in [0.05, 0.1) is 6.61 Å². The Kier molecular flexibility index (Phi) is 6.69. The van der Waals surface area contributed by atoms with Crippen molar-refractivity contribution in [1.82, 2.24) is 10.2 Å². The van der Waals surface area contributed by atoms with E-state index in [1.807, 2.05) is 13.8 Å². The Hall–Kier alpha value is -3.38. The van der Waals surface area contributed by atoms with Crippen LogP contribution in [0.1, 0.15) is 48.2 Å². The van der Waals surface area contributed by atoms with Crippen molar-refractivity contribution in [3.8, 4) is 11.8 Å². The summed E-state index contributed by atoms with van der Waals surface area (Å²) in [6.07, 6.45) is -0.444. The highest BCUT2D eigenvalue weighted by molar-refractivity contribution is 6.05. The quantitative estimate of drug-likeness (QED) is 0.194. The maximum atomic E-state index is 12.8. The van der Waals surface area contributed by atoms with Gasteiger partial charge >= 0.3 is 6.16 Å². The molecule has 158 valence electrons. The standard InChI is InChI=1S/C21H22N2O7/c1-13(2)12-28-21(27)30-29-10-4-6-14-5-3-7-15-16(14)11-23(20(15)26)17-8-9-18(24)22-19(17)25/h3,5,7,13,17H,8-12H2,1-2H3,(H,22,24,25). The van der Waals surface area contributed by atoms with Gasteiger partial charge in [0.15, 0.2) is 6.61 Å². The van der Waals surface area contributed by atoms with Crippen LogP contribution < -0.4 is 5.32 Å². The summed E-state index contributed by atoms with van der Waals surface area (Å²) in [4.78, 5) is 58.2. The van der Waals surface area contributed by atoms with Gasteiger partial charge in [0.2, 0.25) is 11.8 Å². The van der Waals surface area contributed by atoms with Gasteiger partial charge in [0.25, 0.3) is 5.91 Å². The number of nitrogens with zero attached hydrogens (tertiary/aromatic N) is 1. The summed E-state index contributed by atoms with van der Waals surface area (Å²) in [5, 5.41) is 2.27. The number of hydrogen-bond donors (Lipinski definition) is 1. The van der Waals surface area contributed by atoms with E-state index in [4.69, 9.17) is 9.62 Å². The molecule has 9 nitrogen and oxygen atoms in total. The number of amides is 3. The van der Waals surface area contributed by atoms with Crippen molar-refractivity contribution in [2.75, 3.05) is 13.2 Å². The lowest BCUT2D eigenvalue weighted by molar-refractivity contribution is -0.244. The van der Waals surface area contributed by atoms with Gasteiger partial charge < -0.3 is 9.64 Å². The molecule has 9 heteroatoms. The van der Waals surface area contributed by atoms with Crippen molar-refractivity contribution in [3.63, 3.8) is 0 Å². The number of benzene rings is 1. The van der Waals surface area contributed by atoms with Gasteiger partial charge in [0, 0.05) is 24.1 Å². The molecule has 0 radical (unpaired) electrons. The monoisotopic (exact) mass is 414 g/mol. The lowest BCUT2D eigenvalue weighted by atomic mass is 10.0. The predicted octanol–water partition coefficient (Wildman–Crippen LogP) is 1.54. The molecule has 0 aromatic heterocycles. The van der Waals surface area contributed by atoms with Crippen LogP contribution in [0.5, 0.6) is 0 Å². The molecule has 1 saturated heterocycles. The summed E-state index contributed by atoms with van der Waals surface area (Å²) in [5.74, 6) is 4.73. The molecular weight excluding hydrogens is 392 g/mol. The maximum Gasteiger partial charge on any atom is 0.540 e. The van der Waals surface area contributed by atoms with E-state index >= 15 is 0 Å². The molecule has 1 N–H and O–H groups in total. The second-order valence-corrected chi connectivity index (χ2v) is 7.33. The molecule has 1 unspecified atom stereocenters. The third-order valence-electron chi connectivity index (χ3n) is 4.60. The Bertz CT molecular complexity index is 929. The minimum Gasteiger partial charge on any atom is -0.432 e. The molecule has 3 amide bonds. The van der Waals surface area contributed by atoms with Crippen molar-refractivity contribution in [2.24, 2.45) is 5.92 Å². The fourth-order valence-corrected chi connectivity index (χ4v) is 3.20. The minimum atomic E-state index is -0.934. The maximum absolute atomic E-state index is 12.8. The first-order valence-electron chi connectivity index (χ1n) is 9.58. The summed E-state index contributed by atoms with van der Waals surface area (Å²) >= 11 is 0. The van der Waals surface area contributed by atoms with Crippen molar-refractivity contribution in [1.29, 1.82) is 0 Å². The van der Waals surface area contributed by atoms with Crippen molar-refractivity contribution < 1.29 is 33.7 Å². The number of rotatable bonds is 5. The number of nitrogens with one attached hydrogen (secondary N) is 1. The number of piperidine rings is 1. The zero-order valence-electron chi connectivity index (χ0n) is 16.7. The van der Waals surface area contributed by atoms with Gasteiger partial charge in [-0.1, -0.05) is 31.8 Å². The average molecular weight is 414 g/mol. The lowest BCUT2D eigenvalue weighted by Crippen LogP contribution is -2.52. The molecule has 0 saturated carbocycles. The highest BCUT2D eigenvalue weighted by atomic mass is 17.2. The average Bonchev–Trinajstić information content (AvgIpc) is 3.03. The highest BCUT2D eigenvalue weighted by Crippen LogP contribution is 2.29. The lowest BCUT2D eigenvalue weighted by Gasteiger charge is -2.29. The van der Waals surface area contributed by atoms with E-state index in [0.717, 1.165) is 0 Å². The van der Waals surface area contributed by atoms with Crippen LogP contribution in [0.3, 0.4) is 0 Å². The summed E-state index contributed by atoms with van der Waals surface area (Å²) in [6.45, 7) is 4.06. The van der Waals surface area contributed by atoms with Crippen LogP contribution in [0.15, 0.2) is 18.2 Å². The van der Waals surface area contributed by atoms with Crippen molar-refractivity contribution in [2.45, 2.75) is 39.3 Å². The van der Waals surface area contributed by atoms with Crippen molar-refractivity contribution >= 4 is 23.9 Å². The van der Waals surface area contributed by atoms with Crippen LogP contribution >= 0.6 is 0 Å². The van der Waals surface area contributed by atoms with Gasteiger partial charge in [-0.2, -0.15) is 4.89 Å². The molecule has 2 aliphatic rings. The molecule has 2 heterocycles. The Morgan fingerprint density at radius 1 is 1.30 bits per heavy atom. The molecule has 1 fully saturated rings. The Labute approximate surface area is 173 Å². The number of fused-ring (bicyclic) bond motifs is 1. The fourth-order valence-electron chi connectivity index (χ4n) is 3.20. The van der Waals surface area contributed by atoms with E-state index in [0.29, 0.717) is 23.1 Å². The largest absolute Gasteiger partial charge is 0.540 e. The molecule has 0 bridgehead atoms. The Morgan fingerprint density at radius 2 is 2.10 bits per heavy atom. The molecule has 30 heavy (non-hydrogen) atoms. The van der Waals surface area contributed by atoms with Crippen LogP contribution in [-0.4, -0.2) is 48.0 Å². The van der Waals surface area contributed by atoms with Gasteiger partial charge in [-0.15, -0.1) is 0 Å². The van der Waals surface area contributed by atoms with E-state index in [1.165, 1.54) is 4.90 Å². The molecular formula is C21H22N2O7. The van der Waals surface area contributed by atoms with Crippen LogP contribution in [0.4, 0.5) is 4.79 Å². The summed E-state index contributed by atoms with van der Waals surface area (Å²) in [7, 11) is 0. The van der Waals surface area contributed by atoms with E-state index < -0.39 is 18.1 Å². The summed E-state index contributed by atoms with van der Waals surface area (Å²) in [6, 6.07) is 4.45. The summed E-state index contributed by atoms with van der Waals surface area (Å²) in [5.41, 5.74) is 1.79. The first-order chi connectivity index (χ1) is 14.4. The van der Waals surface area contributed by atoms with Crippen molar-refractivity contribution in [3.05, 3.63) is 34.9 Å². The van der Waals surface area contributed by atoms with E-state index in [9.17, 15) is 19.2 Å². The van der Waals surface area contributed by atoms with Crippen LogP contribution in [0.25, 0.3) is 0 Å². The molecule has 0 spiro atoms. The Balaban J connectivity index is 1.60. The van der Waals surface area contributed by atoms with Crippen LogP contribution in [0.2, 0.25) is 0 Å². The SMILES string of the molecule is CC(C)COC(=O)OOCC#Cc1cccc2c1CN(C1CCC(=O)NC1=O)C2=O. The third-order valence-corrected chi connectivity index (χ3v) is 4.60. The third kappa shape index (κ3) is 4.96. The topological polar surface area (TPSA) is 111 Å². The molecule has 1 aromatic carbocycles. The molecule has 0 aliphatic carbocycles. The number of carbonyl (C=O) groups excluding carboxylic acids is 4. The number of carbonyl (C=O) groups is 4. The van der Waals surface area contributed by atoms with Crippen LogP contribution in [-0.2, 0) is 30.6 Å². The highest BCUT2D eigenvalue weighted by Gasteiger charge is 2.39. The second kappa shape index (κ2) is 9.41. The number of imide groups is 1. The first kappa shape index (κ1) is 21.3. The first-order valence-corrected chi connectivity index (χ1v) is 9.58. The zero-order valence-corrected chi connectivity index (χ0v) is 16.7. The molecule has 1 atom stereocenters. The molecule has 2 aliphatic heterocycles. The minimum absolute atomic E-state index is 0.175. The van der Waals surface area contributed by atoms with E-state index in [1.54, 1.807) is 18.2 Å². The summed E-state index contributed by atoms with van der Waals surface area (Å²) < 4.78 is 4.79.